The predicted octanol–water partition coefficient (Wildman–Crippen LogP) is 3.87. The van der Waals surface area contributed by atoms with Gasteiger partial charge in [-0.25, -0.2) is 0 Å². The molecule has 11 heavy (non-hydrogen) atoms. The molecule has 0 aromatic carbocycles. The fraction of sp³-hybridized carbons (Fsp3) is 1.00. The second kappa shape index (κ2) is 4.11. The van der Waals surface area contributed by atoms with E-state index in [9.17, 15) is 0 Å². The van der Waals surface area contributed by atoms with Crippen LogP contribution in [0.3, 0.4) is 0 Å². The summed E-state index contributed by atoms with van der Waals surface area (Å²) in [6.07, 6.45) is 6.06. The Labute approximate surface area is 78.5 Å². The molecular weight excluding hydrogens is 247 g/mol. The maximum atomic E-state index is 2.56. The van der Waals surface area contributed by atoms with Crippen molar-refractivity contribution in [1.29, 1.82) is 0 Å². The topological polar surface area (TPSA) is 0 Å². The van der Waals surface area contributed by atoms with Crippen LogP contribution in [0.2, 0.25) is 0 Å². The fourth-order valence-electron chi connectivity index (χ4n) is 1.93. The van der Waals surface area contributed by atoms with Gasteiger partial charge in [0.2, 0.25) is 0 Å². The zero-order valence-corrected chi connectivity index (χ0v) is 10.3. The molecule has 0 aliphatic carbocycles. The number of rotatable bonds is 2. The Kier molecular flexibility index (Phi) is 3.66. The van der Waals surface area contributed by atoms with Crippen LogP contribution in [0.1, 0.15) is 46.5 Å². The maximum absolute atomic E-state index is 2.56. The number of halogens is 1. The van der Waals surface area contributed by atoms with Gasteiger partial charge in [0.15, 0.2) is 0 Å². The van der Waals surface area contributed by atoms with Crippen molar-refractivity contribution in [2.75, 3.05) is 8.86 Å². The van der Waals surface area contributed by atoms with Crippen LogP contribution in [-0.2, 0) is 0 Å². The minimum atomic E-state index is -0.508. The molecule has 0 N–H and O–H groups in total. The van der Waals surface area contributed by atoms with Gasteiger partial charge in [0.05, 0.1) is 0 Å². The summed E-state index contributed by atoms with van der Waals surface area (Å²) in [6, 6.07) is 0. The zero-order chi connectivity index (χ0) is 8.32. The first-order chi connectivity index (χ1) is 5.23. The monoisotopic (exact) mass is 268 g/mol. The minimum absolute atomic E-state index is 0.508. The molecule has 1 heteroatoms. The number of alkyl halides is 3. The summed E-state index contributed by atoms with van der Waals surface area (Å²) >= 11 is -0.508. The summed E-state index contributed by atoms with van der Waals surface area (Å²) in [5.41, 5.74) is 0. The van der Waals surface area contributed by atoms with E-state index in [1.807, 2.05) is 0 Å². The summed E-state index contributed by atoms with van der Waals surface area (Å²) in [4.78, 5) is 0. The second-order valence-electron chi connectivity index (χ2n) is 3.64. The van der Waals surface area contributed by atoms with Crippen molar-refractivity contribution >= 4 is 19.8 Å². The molecule has 1 rings (SSSR count). The Morgan fingerprint density at radius 1 is 1.27 bits per heavy atom. The van der Waals surface area contributed by atoms with E-state index in [1.54, 1.807) is 21.7 Å². The molecule has 68 valence electrons. The molecule has 0 saturated carbocycles. The fourth-order valence-corrected chi connectivity index (χ4v) is 9.52. The molecule has 0 aromatic heterocycles. The molecule has 1 aliphatic heterocycles. The second-order valence-corrected chi connectivity index (χ2v) is 11.4. The molecule has 1 fully saturated rings. The van der Waals surface area contributed by atoms with E-state index in [0.717, 1.165) is 3.42 Å². The molecule has 0 bridgehead atoms. The van der Waals surface area contributed by atoms with Crippen LogP contribution in [-0.4, -0.2) is 12.3 Å². The van der Waals surface area contributed by atoms with E-state index >= 15 is 0 Å². The summed E-state index contributed by atoms with van der Waals surface area (Å²) < 4.78 is 4.04. The molecule has 0 radical (unpaired) electrons. The third-order valence-electron chi connectivity index (χ3n) is 3.01. The van der Waals surface area contributed by atoms with Crippen LogP contribution >= 0.6 is 19.8 Å². The van der Waals surface area contributed by atoms with Gasteiger partial charge < -0.3 is 0 Å². The van der Waals surface area contributed by atoms with Crippen molar-refractivity contribution in [3.05, 3.63) is 0 Å². The molecule has 0 amide bonds. The van der Waals surface area contributed by atoms with Crippen molar-refractivity contribution in [2.24, 2.45) is 0 Å². The molecule has 1 saturated heterocycles. The van der Waals surface area contributed by atoms with Gasteiger partial charge in [-0.1, -0.05) is 0 Å². The van der Waals surface area contributed by atoms with Gasteiger partial charge in [0.25, 0.3) is 0 Å². The zero-order valence-electron chi connectivity index (χ0n) is 8.12. The summed E-state index contributed by atoms with van der Waals surface area (Å²) in [5.74, 6) is 0. The van der Waals surface area contributed by atoms with Crippen molar-refractivity contribution in [3.63, 3.8) is 0 Å². The third-order valence-corrected chi connectivity index (χ3v) is 11.9. The van der Waals surface area contributed by atoms with Gasteiger partial charge in [-0.05, 0) is 0 Å². The van der Waals surface area contributed by atoms with E-state index < -0.39 is 19.8 Å². The van der Waals surface area contributed by atoms with E-state index in [-0.39, 0.29) is 0 Å². The molecular formula is C10H21I. The Morgan fingerprint density at radius 3 is 2.45 bits per heavy atom. The molecule has 0 nitrogen and oxygen atoms in total. The van der Waals surface area contributed by atoms with Crippen molar-refractivity contribution in [1.82, 2.24) is 0 Å². The summed E-state index contributed by atoms with van der Waals surface area (Å²) in [6.45, 7) is 7.37. The Bertz CT molecular complexity index is 122. The van der Waals surface area contributed by atoms with Crippen LogP contribution in [0, 0.1) is 0 Å². The third kappa shape index (κ3) is 2.10. The average molecular weight is 268 g/mol. The first kappa shape index (κ1) is 9.82. The Balaban J connectivity index is 2.57. The summed E-state index contributed by atoms with van der Waals surface area (Å²) in [5, 5.41) is 0. The molecule has 1 atom stereocenters. The number of hydrogen-bond acceptors (Lipinski definition) is 0. The van der Waals surface area contributed by atoms with E-state index in [0.29, 0.717) is 0 Å². The molecule has 0 spiro atoms. The van der Waals surface area contributed by atoms with Crippen LogP contribution in [0.25, 0.3) is 0 Å². The van der Waals surface area contributed by atoms with Gasteiger partial charge in [0.1, 0.15) is 0 Å². The van der Waals surface area contributed by atoms with Crippen LogP contribution in [0.15, 0.2) is 0 Å². The quantitative estimate of drug-likeness (QED) is 0.527. The molecule has 1 heterocycles. The predicted molar refractivity (Wildman–Crippen MR) is 62.0 cm³/mol. The SMILES string of the molecule is CCI1CCCCC1(C)CC. The molecule has 1 aliphatic rings. The first-order valence-corrected chi connectivity index (χ1v) is 8.97. The van der Waals surface area contributed by atoms with Crippen molar-refractivity contribution < 1.29 is 0 Å². The van der Waals surface area contributed by atoms with Gasteiger partial charge in [0, 0.05) is 0 Å². The van der Waals surface area contributed by atoms with Gasteiger partial charge >= 0.3 is 78.6 Å². The Hall–Kier alpha value is 0.730. The Morgan fingerprint density at radius 2 is 2.00 bits per heavy atom. The molecule has 1 unspecified atom stereocenters. The van der Waals surface area contributed by atoms with Crippen LogP contribution in [0.5, 0.6) is 0 Å². The van der Waals surface area contributed by atoms with Crippen LogP contribution < -0.4 is 0 Å². The van der Waals surface area contributed by atoms with E-state index in [4.69, 9.17) is 0 Å². The van der Waals surface area contributed by atoms with Gasteiger partial charge in [-0.3, -0.25) is 0 Å². The normalized spacial score (nSPS) is 35.7. The number of hydrogen-bond donors (Lipinski definition) is 0. The van der Waals surface area contributed by atoms with Crippen molar-refractivity contribution in [2.45, 2.75) is 49.9 Å². The van der Waals surface area contributed by atoms with Gasteiger partial charge in [-0.2, -0.15) is 0 Å². The van der Waals surface area contributed by atoms with Gasteiger partial charge in [-0.15, -0.1) is 0 Å². The molecule has 0 aromatic rings. The first-order valence-electron chi connectivity index (χ1n) is 4.84. The van der Waals surface area contributed by atoms with E-state index in [2.05, 4.69) is 20.8 Å². The average Bonchev–Trinajstić information content (AvgIpc) is 2.05. The van der Waals surface area contributed by atoms with Crippen LogP contribution in [0.4, 0.5) is 0 Å². The summed E-state index contributed by atoms with van der Waals surface area (Å²) in [7, 11) is 0. The standard InChI is InChI=1S/C10H21I/c1-4-10(3)8-6-7-9-11(10)5-2/h4-9H2,1-3H3. The van der Waals surface area contributed by atoms with E-state index in [1.165, 1.54) is 12.8 Å². The van der Waals surface area contributed by atoms with Crippen molar-refractivity contribution in [3.8, 4) is 0 Å².